The molecule has 5 rings (SSSR count). The van der Waals surface area contributed by atoms with Crippen molar-refractivity contribution in [2.24, 2.45) is 0 Å². The van der Waals surface area contributed by atoms with Crippen LogP contribution in [0.3, 0.4) is 0 Å². The highest BCUT2D eigenvalue weighted by Gasteiger charge is 2.67. The van der Waals surface area contributed by atoms with E-state index in [1.54, 1.807) is 18.2 Å². The van der Waals surface area contributed by atoms with Gasteiger partial charge in [0.05, 0.1) is 13.2 Å². The maximum atomic E-state index is 10.8. The van der Waals surface area contributed by atoms with Gasteiger partial charge in [-0.2, -0.15) is 0 Å². The molecule has 5 atom stereocenters. The average Bonchev–Trinajstić information content (AvgIpc) is 3.43. The molecule has 2 aromatic rings. The molecule has 0 aromatic heterocycles. The van der Waals surface area contributed by atoms with Gasteiger partial charge in [-0.05, 0) is 66.3 Å². The zero-order valence-electron chi connectivity index (χ0n) is 18.5. The van der Waals surface area contributed by atoms with Gasteiger partial charge in [0.25, 0.3) is 0 Å². The Morgan fingerprint density at radius 1 is 1.09 bits per heavy atom. The van der Waals surface area contributed by atoms with Crippen LogP contribution in [0.2, 0.25) is 5.02 Å². The molecule has 2 bridgehead atoms. The van der Waals surface area contributed by atoms with Crippen molar-refractivity contribution in [1.29, 1.82) is 0 Å². The molecule has 2 heterocycles. The first kappa shape index (κ1) is 23.5. The first-order chi connectivity index (χ1) is 16.3. The number of aliphatic hydroxyl groups excluding tert-OH is 4. The molecule has 3 aliphatic rings. The Morgan fingerprint density at radius 2 is 1.85 bits per heavy atom. The summed E-state index contributed by atoms with van der Waals surface area (Å²) in [4.78, 5) is 0. The van der Waals surface area contributed by atoms with Crippen molar-refractivity contribution in [2.75, 3.05) is 13.2 Å². The summed E-state index contributed by atoms with van der Waals surface area (Å²) in [6.07, 6.45) is -0.217. The molecule has 0 spiro atoms. The minimum Gasteiger partial charge on any atom is -0.457 e. The monoisotopic (exact) mass is 486 g/mol. The largest absolute Gasteiger partial charge is 0.457 e. The molecule has 2 fully saturated rings. The Bertz CT molecular complexity index is 1130. The fraction of sp³-hybridized carbons (Fsp3) is 0.385. The van der Waals surface area contributed by atoms with Crippen LogP contribution in [-0.2, 0) is 21.7 Å². The fourth-order valence-electron chi connectivity index (χ4n) is 4.78. The lowest BCUT2D eigenvalue weighted by atomic mass is 9.83. The van der Waals surface area contributed by atoms with Crippen molar-refractivity contribution < 1.29 is 34.6 Å². The molecule has 0 saturated carbocycles. The van der Waals surface area contributed by atoms with E-state index >= 15 is 0 Å². The number of aliphatic hydroxyl groups is 4. The van der Waals surface area contributed by atoms with Crippen molar-refractivity contribution in [2.45, 2.75) is 49.0 Å². The summed E-state index contributed by atoms with van der Waals surface area (Å²) in [6.45, 7) is 3.26. The van der Waals surface area contributed by atoms with Gasteiger partial charge >= 0.3 is 0 Å². The third-order valence-corrected chi connectivity index (χ3v) is 7.22. The molecule has 0 amide bonds. The van der Waals surface area contributed by atoms with Crippen molar-refractivity contribution >= 4 is 11.6 Å². The number of rotatable bonds is 6. The van der Waals surface area contributed by atoms with Crippen LogP contribution in [0.25, 0.3) is 0 Å². The van der Waals surface area contributed by atoms with Crippen LogP contribution in [0.1, 0.15) is 29.5 Å². The SMILES string of the molecule is C=C1CCC=C1Oc1ccc(Cc2cc([C@]34OC[C@](CO)(O3)[C@@H](O)[C@H](O)[C@H]4O)ccc2Cl)cc1. The lowest BCUT2D eigenvalue weighted by molar-refractivity contribution is -0.329. The molecular weight excluding hydrogens is 460 g/mol. The van der Waals surface area contributed by atoms with E-state index in [0.717, 1.165) is 41.1 Å². The number of fused-ring (bicyclic) bond motifs is 2. The number of halogens is 1. The van der Waals surface area contributed by atoms with Gasteiger partial charge in [-0.1, -0.05) is 36.4 Å². The zero-order valence-corrected chi connectivity index (χ0v) is 19.2. The molecule has 1 aliphatic carbocycles. The van der Waals surface area contributed by atoms with Gasteiger partial charge in [-0.3, -0.25) is 0 Å². The summed E-state index contributed by atoms with van der Waals surface area (Å²) >= 11 is 6.47. The van der Waals surface area contributed by atoms with E-state index in [1.807, 2.05) is 30.3 Å². The molecule has 7 nitrogen and oxygen atoms in total. The van der Waals surface area contributed by atoms with Crippen molar-refractivity contribution in [3.05, 3.63) is 88.2 Å². The lowest BCUT2D eigenvalue weighted by Crippen LogP contribution is -2.65. The second kappa shape index (κ2) is 8.77. The summed E-state index contributed by atoms with van der Waals surface area (Å²) in [5, 5.41) is 41.9. The van der Waals surface area contributed by atoms with Gasteiger partial charge in [-0.25, -0.2) is 0 Å². The number of allylic oxidation sites excluding steroid dienone is 2. The van der Waals surface area contributed by atoms with Gasteiger partial charge in [0.1, 0.15) is 35.4 Å². The van der Waals surface area contributed by atoms with Crippen LogP contribution in [0, 0.1) is 0 Å². The highest BCUT2D eigenvalue weighted by Crippen LogP contribution is 2.49. The number of hydrogen-bond donors (Lipinski definition) is 4. The summed E-state index contributed by atoms with van der Waals surface area (Å²) in [5.41, 5.74) is 1.66. The Kier molecular flexibility index (Phi) is 6.06. The van der Waals surface area contributed by atoms with Crippen molar-refractivity contribution in [3.8, 4) is 5.75 Å². The minimum absolute atomic E-state index is 0.179. The highest BCUT2D eigenvalue weighted by atomic mass is 35.5. The standard InChI is InChI=1S/C26H27ClO7/c1-15-3-2-4-21(15)33-19-8-5-16(6-9-19)11-17-12-18(7-10-20(17)27)26-24(31)22(29)23(30)25(13-28,34-26)14-32-26/h4-10,12,22-24,28-31H,1-3,11,13-14H2/t22-,23-,24+,25-,26-/m0/s1. The topological polar surface area (TPSA) is 109 Å². The molecule has 2 saturated heterocycles. The number of ether oxygens (including phenoxy) is 3. The van der Waals surface area contributed by atoms with Crippen LogP contribution in [0.5, 0.6) is 5.75 Å². The van der Waals surface area contributed by atoms with Gasteiger partial charge in [0.2, 0.25) is 5.79 Å². The molecule has 4 N–H and O–H groups in total. The molecule has 180 valence electrons. The van der Waals surface area contributed by atoms with E-state index in [-0.39, 0.29) is 6.61 Å². The Hall–Kier alpha value is -2.23. The Balaban J connectivity index is 1.39. The van der Waals surface area contributed by atoms with Gasteiger partial charge in [0, 0.05) is 10.6 Å². The van der Waals surface area contributed by atoms with Crippen LogP contribution in [0.15, 0.2) is 66.5 Å². The van der Waals surface area contributed by atoms with Crippen LogP contribution < -0.4 is 4.74 Å². The van der Waals surface area contributed by atoms with E-state index in [1.165, 1.54) is 0 Å². The summed E-state index contributed by atoms with van der Waals surface area (Å²) in [5.74, 6) is -0.185. The molecular formula is C26H27ClO7. The third-order valence-electron chi connectivity index (χ3n) is 6.85. The number of hydrogen-bond acceptors (Lipinski definition) is 7. The maximum Gasteiger partial charge on any atom is 0.225 e. The van der Waals surface area contributed by atoms with Gasteiger partial charge in [0.15, 0.2) is 0 Å². The number of benzene rings is 2. The average molecular weight is 487 g/mol. The second-order valence-electron chi connectivity index (χ2n) is 9.10. The summed E-state index contributed by atoms with van der Waals surface area (Å²) in [7, 11) is 0. The van der Waals surface area contributed by atoms with E-state index < -0.39 is 36.3 Å². The molecule has 34 heavy (non-hydrogen) atoms. The van der Waals surface area contributed by atoms with E-state index in [2.05, 4.69) is 6.58 Å². The smallest absolute Gasteiger partial charge is 0.225 e. The van der Waals surface area contributed by atoms with Gasteiger partial charge in [-0.15, -0.1) is 0 Å². The van der Waals surface area contributed by atoms with Gasteiger partial charge < -0.3 is 34.6 Å². The zero-order chi connectivity index (χ0) is 24.1. The molecule has 2 aliphatic heterocycles. The highest BCUT2D eigenvalue weighted by molar-refractivity contribution is 6.31. The van der Waals surface area contributed by atoms with Crippen LogP contribution in [-0.4, -0.2) is 57.6 Å². The van der Waals surface area contributed by atoms with E-state index in [9.17, 15) is 20.4 Å². The maximum absolute atomic E-state index is 10.8. The normalized spacial score (nSPS) is 32.7. The Morgan fingerprint density at radius 3 is 2.53 bits per heavy atom. The van der Waals surface area contributed by atoms with Crippen LogP contribution >= 0.6 is 11.6 Å². The summed E-state index contributed by atoms with van der Waals surface area (Å²) in [6, 6.07) is 12.7. The molecule has 2 aromatic carbocycles. The quantitative estimate of drug-likeness (QED) is 0.497. The van der Waals surface area contributed by atoms with E-state index in [4.69, 9.17) is 25.8 Å². The third kappa shape index (κ3) is 3.78. The van der Waals surface area contributed by atoms with Crippen molar-refractivity contribution in [1.82, 2.24) is 0 Å². The lowest BCUT2D eigenvalue weighted by Gasteiger charge is -2.46. The fourth-order valence-corrected chi connectivity index (χ4v) is 4.97. The predicted octanol–water partition coefficient (Wildman–Crippen LogP) is 2.57. The van der Waals surface area contributed by atoms with Crippen LogP contribution in [0.4, 0.5) is 0 Å². The summed E-state index contributed by atoms with van der Waals surface area (Å²) < 4.78 is 17.6. The Labute approximate surface area is 202 Å². The van der Waals surface area contributed by atoms with Crippen molar-refractivity contribution in [3.63, 3.8) is 0 Å². The first-order valence-electron chi connectivity index (χ1n) is 11.2. The van der Waals surface area contributed by atoms with E-state index in [0.29, 0.717) is 17.0 Å². The molecule has 8 heteroatoms. The first-order valence-corrected chi connectivity index (χ1v) is 11.6. The molecule has 0 radical (unpaired) electrons. The molecule has 0 unspecified atom stereocenters. The predicted molar refractivity (Wildman–Crippen MR) is 124 cm³/mol. The second-order valence-corrected chi connectivity index (χ2v) is 9.51. The minimum atomic E-state index is -1.73.